The van der Waals surface area contributed by atoms with E-state index in [9.17, 15) is 17.6 Å². The topological polar surface area (TPSA) is 69.7 Å². The summed E-state index contributed by atoms with van der Waals surface area (Å²) in [6, 6.07) is 22.1. The van der Waals surface area contributed by atoms with E-state index in [0.29, 0.717) is 30.0 Å². The summed E-state index contributed by atoms with van der Waals surface area (Å²) in [6.45, 7) is 1.15. The fourth-order valence-corrected chi connectivity index (χ4v) is 5.20. The maximum atomic E-state index is 13.2. The van der Waals surface area contributed by atoms with Crippen LogP contribution in [0.15, 0.2) is 78.9 Å². The number of carbonyl (C=O) groups is 1. The third-order valence-corrected chi connectivity index (χ3v) is 7.24. The van der Waals surface area contributed by atoms with E-state index in [1.165, 1.54) is 16.4 Å². The molecule has 0 radical (unpaired) electrons. The van der Waals surface area contributed by atoms with Gasteiger partial charge in [0, 0.05) is 31.9 Å². The molecule has 0 aliphatic carbocycles. The zero-order chi connectivity index (χ0) is 22.6. The monoisotopic (exact) mass is 453 g/mol. The Labute approximate surface area is 187 Å². The minimum Gasteiger partial charge on any atom is -0.355 e. The average Bonchev–Trinajstić information content (AvgIpc) is 2.81. The van der Waals surface area contributed by atoms with E-state index in [4.69, 9.17) is 0 Å². The molecule has 1 heterocycles. The van der Waals surface area contributed by atoms with Crippen molar-refractivity contribution in [3.63, 3.8) is 0 Å². The van der Waals surface area contributed by atoms with Gasteiger partial charge in [-0.25, -0.2) is 12.8 Å². The molecule has 0 spiro atoms. The molecule has 0 unspecified atom stereocenters. The summed E-state index contributed by atoms with van der Waals surface area (Å²) in [5, 5.41) is 3.16. The van der Waals surface area contributed by atoms with Crippen LogP contribution in [0.25, 0.3) is 0 Å². The number of sulfonamides is 1. The molecule has 6 nitrogen and oxygen atoms in total. The van der Waals surface area contributed by atoms with Gasteiger partial charge in [-0.3, -0.25) is 4.79 Å². The lowest BCUT2D eigenvalue weighted by molar-refractivity contribution is 0.0699. The smallest absolute Gasteiger partial charge is 0.256 e. The first kappa shape index (κ1) is 22.0. The third kappa shape index (κ3) is 5.15. The number of nitrogens with one attached hydrogen (secondary N) is 1. The van der Waals surface area contributed by atoms with Crippen LogP contribution in [0.1, 0.15) is 15.9 Å². The van der Waals surface area contributed by atoms with Gasteiger partial charge in [-0.15, -0.1) is 0 Å². The van der Waals surface area contributed by atoms with Gasteiger partial charge in [0.15, 0.2) is 0 Å². The lowest BCUT2D eigenvalue weighted by Crippen LogP contribution is -2.50. The third-order valence-electron chi connectivity index (χ3n) is 5.39. The second-order valence-electron chi connectivity index (χ2n) is 7.61. The number of nitrogens with zero attached hydrogens (tertiary/aromatic N) is 2. The van der Waals surface area contributed by atoms with Crippen molar-refractivity contribution in [2.24, 2.45) is 0 Å². The molecule has 1 N–H and O–H groups in total. The van der Waals surface area contributed by atoms with Gasteiger partial charge in [-0.1, -0.05) is 42.5 Å². The maximum absolute atomic E-state index is 13.2. The molecule has 32 heavy (non-hydrogen) atoms. The Morgan fingerprint density at radius 3 is 2.16 bits per heavy atom. The number of hydrogen-bond acceptors (Lipinski definition) is 4. The van der Waals surface area contributed by atoms with E-state index in [-0.39, 0.29) is 30.6 Å². The van der Waals surface area contributed by atoms with Crippen molar-refractivity contribution in [3.05, 3.63) is 95.8 Å². The fourth-order valence-electron chi connectivity index (χ4n) is 3.68. The Kier molecular flexibility index (Phi) is 6.53. The van der Waals surface area contributed by atoms with Crippen LogP contribution in [0.2, 0.25) is 0 Å². The Morgan fingerprint density at radius 2 is 1.47 bits per heavy atom. The summed E-state index contributed by atoms with van der Waals surface area (Å²) in [5.41, 5.74) is 2.51. The van der Waals surface area contributed by atoms with Crippen LogP contribution in [0, 0.1) is 5.82 Å². The largest absolute Gasteiger partial charge is 0.355 e. The van der Waals surface area contributed by atoms with Crippen molar-refractivity contribution in [2.45, 2.75) is 5.75 Å². The quantitative estimate of drug-likeness (QED) is 0.616. The Hall–Kier alpha value is -3.23. The van der Waals surface area contributed by atoms with E-state index in [2.05, 4.69) is 5.32 Å². The van der Waals surface area contributed by atoms with Crippen molar-refractivity contribution in [1.29, 1.82) is 0 Å². The number of para-hydroxylation sites is 1. The van der Waals surface area contributed by atoms with Gasteiger partial charge in [0.1, 0.15) is 5.82 Å². The van der Waals surface area contributed by atoms with Crippen LogP contribution in [0.4, 0.5) is 15.8 Å². The summed E-state index contributed by atoms with van der Waals surface area (Å²) in [5.74, 6) is -0.554. The zero-order valence-electron chi connectivity index (χ0n) is 17.4. The Morgan fingerprint density at radius 1 is 0.844 bits per heavy atom. The second-order valence-corrected chi connectivity index (χ2v) is 9.58. The summed E-state index contributed by atoms with van der Waals surface area (Å²) < 4.78 is 40.2. The number of anilines is 2. The minimum atomic E-state index is -3.45. The summed E-state index contributed by atoms with van der Waals surface area (Å²) in [4.78, 5) is 14.8. The molecule has 1 amide bonds. The molecule has 1 saturated heterocycles. The molecule has 1 aliphatic rings. The van der Waals surface area contributed by atoms with Gasteiger partial charge in [-0.05, 0) is 42.0 Å². The van der Waals surface area contributed by atoms with E-state index in [1.807, 2.05) is 24.3 Å². The highest BCUT2D eigenvalue weighted by molar-refractivity contribution is 7.88. The SMILES string of the molecule is O=C(c1ccccc1Nc1ccc(F)cc1)N1CCN(S(=O)(=O)Cc2ccccc2)CC1. The molecule has 3 aromatic rings. The van der Waals surface area contributed by atoms with Crippen molar-refractivity contribution >= 4 is 27.3 Å². The number of piperazine rings is 1. The molecule has 8 heteroatoms. The number of rotatable bonds is 6. The first-order chi connectivity index (χ1) is 15.4. The first-order valence-corrected chi connectivity index (χ1v) is 12.0. The highest BCUT2D eigenvalue weighted by Gasteiger charge is 2.30. The summed E-state index contributed by atoms with van der Waals surface area (Å²) in [6.07, 6.45) is 0. The summed E-state index contributed by atoms with van der Waals surface area (Å²) >= 11 is 0. The lowest BCUT2D eigenvalue weighted by Gasteiger charge is -2.34. The molecule has 3 aromatic carbocycles. The first-order valence-electron chi connectivity index (χ1n) is 10.3. The van der Waals surface area contributed by atoms with E-state index in [1.54, 1.807) is 47.4 Å². The van der Waals surface area contributed by atoms with Crippen molar-refractivity contribution < 1.29 is 17.6 Å². The highest BCUT2D eigenvalue weighted by Crippen LogP contribution is 2.23. The van der Waals surface area contributed by atoms with E-state index < -0.39 is 10.0 Å². The molecule has 4 rings (SSSR count). The average molecular weight is 454 g/mol. The van der Waals surface area contributed by atoms with Gasteiger partial charge in [0.05, 0.1) is 17.0 Å². The number of carbonyl (C=O) groups excluding carboxylic acids is 1. The Bertz CT molecular complexity index is 1180. The highest BCUT2D eigenvalue weighted by atomic mass is 32.2. The standard InChI is InChI=1S/C24H24FN3O3S/c25-20-10-12-21(13-11-20)26-23-9-5-4-8-22(23)24(29)27-14-16-28(17-15-27)32(30,31)18-19-6-2-1-3-7-19/h1-13,26H,14-18H2. The van der Waals surface area contributed by atoms with E-state index >= 15 is 0 Å². The number of hydrogen-bond donors (Lipinski definition) is 1. The molecule has 0 saturated carbocycles. The van der Waals surface area contributed by atoms with Gasteiger partial charge in [0.25, 0.3) is 5.91 Å². The summed E-state index contributed by atoms with van der Waals surface area (Å²) in [7, 11) is -3.45. The van der Waals surface area contributed by atoms with E-state index in [0.717, 1.165) is 5.56 Å². The van der Waals surface area contributed by atoms with Crippen LogP contribution < -0.4 is 5.32 Å². The molecule has 0 bridgehead atoms. The predicted molar refractivity (Wildman–Crippen MR) is 123 cm³/mol. The number of amides is 1. The van der Waals surface area contributed by atoms with Gasteiger partial charge < -0.3 is 10.2 Å². The van der Waals surface area contributed by atoms with Gasteiger partial charge >= 0.3 is 0 Å². The van der Waals surface area contributed by atoms with Gasteiger partial charge in [-0.2, -0.15) is 4.31 Å². The van der Waals surface area contributed by atoms with Crippen LogP contribution >= 0.6 is 0 Å². The lowest BCUT2D eigenvalue weighted by atomic mass is 10.1. The molecular weight excluding hydrogens is 429 g/mol. The van der Waals surface area contributed by atoms with Crippen molar-refractivity contribution in [3.8, 4) is 0 Å². The minimum absolute atomic E-state index is 0.0494. The van der Waals surface area contributed by atoms with Gasteiger partial charge in [0.2, 0.25) is 10.0 Å². The van der Waals surface area contributed by atoms with Crippen molar-refractivity contribution in [2.75, 3.05) is 31.5 Å². The molecule has 1 aliphatic heterocycles. The van der Waals surface area contributed by atoms with Crippen LogP contribution in [-0.2, 0) is 15.8 Å². The maximum Gasteiger partial charge on any atom is 0.256 e. The molecule has 0 aromatic heterocycles. The van der Waals surface area contributed by atoms with Crippen molar-refractivity contribution in [1.82, 2.24) is 9.21 Å². The van der Waals surface area contributed by atoms with Crippen LogP contribution in [0.5, 0.6) is 0 Å². The van der Waals surface area contributed by atoms with Crippen LogP contribution in [0.3, 0.4) is 0 Å². The number of halogens is 1. The molecule has 1 fully saturated rings. The zero-order valence-corrected chi connectivity index (χ0v) is 18.3. The molecule has 0 atom stereocenters. The Balaban J connectivity index is 1.42. The number of benzene rings is 3. The molecular formula is C24H24FN3O3S. The van der Waals surface area contributed by atoms with Crippen LogP contribution in [-0.4, -0.2) is 49.7 Å². The molecule has 166 valence electrons. The fraction of sp³-hybridized carbons (Fsp3) is 0.208. The normalized spacial score (nSPS) is 14.8. The predicted octanol–water partition coefficient (Wildman–Crippen LogP) is 3.86. The second kappa shape index (κ2) is 9.50.